The van der Waals surface area contributed by atoms with E-state index in [1.165, 1.54) is 6.42 Å². The molecule has 5 aromatic rings. The van der Waals surface area contributed by atoms with E-state index in [4.69, 9.17) is 24.5 Å². The fraction of sp³-hybridized carbons (Fsp3) is 0.450. The minimum Gasteiger partial charge on any atom is -0.491 e. The number of ether oxygens (including phenoxy) is 2. The van der Waals surface area contributed by atoms with Crippen molar-refractivity contribution in [3.8, 4) is 17.2 Å². The van der Waals surface area contributed by atoms with Gasteiger partial charge in [0.05, 0.1) is 36.0 Å². The van der Waals surface area contributed by atoms with Gasteiger partial charge in [0, 0.05) is 36.7 Å². The molecule has 2 amide bonds. The largest absolute Gasteiger partial charge is 0.491 e. The first-order valence-electron chi connectivity index (χ1n) is 18.8. The number of nitrogens with one attached hydrogen (secondary N) is 2. The topological polar surface area (TPSA) is 164 Å². The van der Waals surface area contributed by atoms with E-state index >= 15 is 0 Å². The van der Waals surface area contributed by atoms with E-state index in [1.54, 1.807) is 17.1 Å². The van der Waals surface area contributed by atoms with Gasteiger partial charge in [-0.15, -0.1) is 10.2 Å². The lowest BCUT2D eigenvalue weighted by molar-refractivity contribution is -0.122. The highest BCUT2D eigenvalue weighted by Crippen LogP contribution is 2.39. The molecule has 0 radical (unpaired) electrons. The van der Waals surface area contributed by atoms with Crippen LogP contribution in [-0.2, 0) is 10.2 Å². The maximum Gasteiger partial charge on any atom is 0.320 e. The fourth-order valence-electron chi connectivity index (χ4n) is 7.00. The van der Waals surface area contributed by atoms with Crippen LogP contribution in [0.2, 0.25) is 0 Å². The Labute approximate surface area is 321 Å². The average Bonchev–Trinajstić information content (AvgIpc) is 3.78. The van der Waals surface area contributed by atoms with Crippen molar-refractivity contribution in [2.75, 3.05) is 44.0 Å². The second kappa shape index (κ2) is 17.2. The number of urea groups is 1. The van der Waals surface area contributed by atoms with Crippen molar-refractivity contribution in [3.05, 3.63) is 83.9 Å². The highest BCUT2D eigenvalue weighted by Gasteiger charge is 2.31. The van der Waals surface area contributed by atoms with Gasteiger partial charge in [-0.3, -0.25) is 19.5 Å². The predicted molar refractivity (Wildman–Crippen MR) is 210 cm³/mol. The van der Waals surface area contributed by atoms with Crippen molar-refractivity contribution in [2.24, 2.45) is 0 Å². The van der Waals surface area contributed by atoms with Crippen LogP contribution in [0.3, 0.4) is 0 Å². The molecule has 1 aliphatic carbocycles. The molecule has 15 nitrogen and oxygen atoms in total. The standard InChI is InChI=1S/C39H50N10O3.CH2O2/c1-26-11-9-10-18-47(26)38-44-43-35-17-14-28(25-48(35)38)52-33-16-15-32(30-12-7-8-13-31(30)33)41-37(50)42-36-22-34(39(2,3)4)45-49(36)27-21-29(24-40-23-27)51-20-19-46(5)6;2-1-3/h7-8,12-14,17,21-26,32-33H,9-11,15-16,18-20H2,1-6H3,(H2,41,42,50);1H,(H,2,3)/t26-,32-,33+;/m0./s1. The molecule has 1 saturated heterocycles. The number of anilines is 2. The summed E-state index contributed by atoms with van der Waals surface area (Å²) in [5.74, 6) is 2.80. The molecule has 15 heteroatoms. The van der Waals surface area contributed by atoms with Crippen molar-refractivity contribution < 1.29 is 24.2 Å². The first kappa shape index (κ1) is 39.0. The summed E-state index contributed by atoms with van der Waals surface area (Å²) < 4.78 is 16.4. The summed E-state index contributed by atoms with van der Waals surface area (Å²) in [7, 11) is 4.01. The number of likely N-dealkylation sites (N-methyl/N-ethyl adjacent to an activating group) is 1. The smallest absolute Gasteiger partial charge is 0.320 e. The number of hydrogen-bond donors (Lipinski definition) is 3. The summed E-state index contributed by atoms with van der Waals surface area (Å²) in [6, 6.07) is 15.8. The van der Waals surface area contributed by atoms with Gasteiger partial charge in [-0.05, 0) is 76.4 Å². The van der Waals surface area contributed by atoms with Crippen LogP contribution in [0.5, 0.6) is 11.5 Å². The van der Waals surface area contributed by atoms with Crippen LogP contribution in [0.15, 0.2) is 67.1 Å². The average molecular weight is 753 g/mol. The van der Waals surface area contributed by atoms with Crippen molar-refractivity contribution in [2.45, 2.75) is 83.4 Å². The molecule has 5 heterocycles. The molecule has 0 saturated carbocycles. The van der Waals surface area contributed by atoms with Gasteiger partial charge in [0.15, 0.2) is 5.65 Å². The van der Waals surface area contributed by atoms with Crippen LogP contribution < -0.4 is 25.0 Å². The second-order valence-electron chi connectivity index (χ2n) is 15.3. The van der Waals surface area contributed by atoms with Gasteiger partial charge < -0.3 is 29.7 Å². The summed E-state index contributed by atoms with van der Waals surface area (Å²) in [5, 5.41) is 27.1. The van der Waals surface area contributed by atoms with E-state index in [0.29, 0.717) is 36.3 Å². The van der Waals surface area contributed by atoms with Crippen molar-refractivity contribution in [1.29, 1.82) is 0 Å². The second-order valence-corrected chi connectivity index (χ2v) is 15.3. The number of fused-ring (bicyclic) bond motifs is 2. The Kier molecular flexibility index (Phi) is 12.2. The number of carboxylic acid groups (broad SMARTS) is 1. The third-order valence-corrected chi connectivity index (χ3v) is 9.91. The van der Waals surface area contributed by atoms with Crippen LogP contribution in [0.25, 0.3) is 11.3 Å². The molecule has 3 N–H and O–H groups in total. The summed E-state index contributed by atoms with van der Waals surface area (Å²) in [6.45, 7) is 10.6. The maximum absolute atomic E-state index is 13.7. The van der Waals surface area contributed by atoms with E-state index < -0.39 is 0 Å². The lowest BCUT2D eigenvalue weighted by atomic mass is 9.85. The van der Waals surface area contributed by atoms with E-state index in [2.05, 4.69) is 75.4 Å². The monoisotopic (exact) mass is 752 g/mol. The molecule has 0 bridgehead atoms. The molecule has 0 spiro atoms. The fourth-order valence-corrected chi connectivity index (χ4v) is 7.00. The third kappa shape index (κ3) is 9.34. The number of carbonyl (C=O) groups is 2. The number of nitrogens with zero attached hydrogens (tertiary/aromatic N) is 8. The van der Waals surface area contributed by atoms with Crippen LogP contribution in [0, 0.1) is 0 Å². The van der Waals surface area contributed by atoms with E-state index in [1.807, 2.05) is 61.1 Å². The normalized spacial score (nSPS) is 18.2. The molecule has 1 aliphatic heterocycles. The predicted octanol–water partition coefficient (Wildman–Crippen LogP) is 6.40. The number of hydrogen-bond acceptors (Lipinski definition) is 10. The number of benzene rings is 1. The third-order valence-electron chi connectivity index (χ3n) is 9.91. The van der Waals surface area contributed by atoms with E-state index in [9.17, 15) is 4.79 Å². The first-order valence-corrected chi connectivity index (χ1v) is 18.8. The zero-order chi connectivity index (χ0) is 39.1. The van der Waals surface area contributed by atoms with Crippen molar-refractivity contribution >= 4 is 29.9 Å². The SMILES string of the molecule is C[C@H]1CCCCN1c1nnc2ccc(O[C@@H]3CC[C@H](NC(=O)Nc4cc(C(C)(C)C)nn4-c4cncc(OCCN(C)C)c4)c4ccccc43)cn12.O=CO. The van der Waals surface area contributed by atoms with Gasteiger partial charge in [0.25, 0.3) is 6.47 Å². The molecular formula is C40H52N10O5. The van der Waals surface area contributed by atoms with Crippen LogP contribution in [0.4, 0.5) is 16.6 Å². The van der Waals surface area contributed by atoms with Gasteiger partial charge in [0.2, 0.25) is 5.95 Å². The Morgan fingerprint density at radius 3 is 2.55 bits per heavy atom. The molecule has 2 aliphatic rings. The number of pyridine rings is 2. The summed E-state index contributed by atoms with van der Waals surface area (Å²) in [6.07, 6.45) is 10.2. The number of amides is 2. The van der Waals surface area contributed by atoms with Gasteiger partial charge in [-0.1, -0.05) is 45.0 Å². The van der Waals surface area contributed by atoms with Crippen LogP contribution >= 0.6 is 0 Å². The lowest BCUT2D eigenvalue weighted by Gasteiger charge is -2.33. The van der Waals surface area contributed by atoms with Gasteiger partial charge in [-0.2, -0.15) is 5.10 Å². The molecular weight excluding hydrogens is 701 g/mol. The molecule has 7 rings (SSSR count). The number of piperidine rings is 1. The minimum atomic E-state index is -0.315. The van der Waals surface area contributed by atoms with Gasteiger partial charge in [0.1, 0.15) is 30.0 Å². The summed E-state index contributed by atoms with van der Waals surface area (Å²) in [4.78, 5) is 30.9. The quantitative estimate of drug-likeness (QED) is 0.135. The number of aromatic nitrogens is 6. The Bertz CT molecular complexity index is 2070. The maximum atomic E-state index is 13.7. The highest BCUT2D eigenvalue weighted by molar-refractivity contribution is 5.89. The van der Waals surface area contributed by atoms with Crippen LogP contribution in [-0.4, -0.2) is 91.7 Å². The molecule has 1 fully saturated rings. The van der Waals surface area contributed by atoms with E-state index in [0.717, 1.165) is 66.5 Å². The zero-order valence-electron chi connectivity index (χ0n) is 32.5. The van der Waals surface area contributed by atoms with E-state index in [-0.39, 0.29) is 30.1 Å². The minimum absolute atomic E-state index is 0.168. The molecule has 292 valence electrons. The van der Waals surface area contributed by atoms with Gasteiger partial charge in [-0.25, -0.2) is 9.48 Å². The zero-order valence-corrected chi connectivity index (χ0v) is 32.5. The number of carbonyl (C=O) groups excluding carboxylic acids is 1. The number of rotatable bonds is 10. The van der Waals surface area contributed by atoms with Crippen molar-refractivity contribution in [3.63, 3.8) is 0 Å². The Hall–Kier alpha value is -5.70. The molecule has 4 aromatic heterocycles. The molecule has 55 heavy (non-hydrogen) atoms. The lowest BCUT2D eigenvalue weighted by Crippen LogP contribution is -2.38. The Balaban J connectivity index is 0.00000166. The summed E-state index contributed by atoms with van der Waals surface area (Å²) >= 11 is 0. The summed E-state index contributed by atoms with van der Waals surface area (Å²) in [5.41, 5.74) is 4.19. The van der Waals surface area contributed by atoms with Crippen molar-refractivity contribution in [1.82, 2.24) is 39.6 Å². The van der Waals surface area contributed by atoms with Gasteiger partial charge >= 0.3 is 6.03 Å². The molecule has 1 aromatic carbocycles. The molecule has 3 atom stereocenters. The molecule has 0 unspecified atom stereocenters. The first-order chi connectivity index (χ1) is 26.4. The highest BCUT2D eigenvalue weighted by atomic mass is 16.5. The Morgan fingerprint density at radius 1 is 1.02 bits per heavy atom. The van der Waals surface area contributed by atoms with Crippen LogP contribution in [0.1, 0.15) is 88.8 Å². The Morgan fingerprint density at radius 2 is 1.80 bits per heavy atom.